The van der Waals surface area contributed by atoms with Crippen LogP contribution in [0.1, 0.15) is 16.8 Å². The van der Waals surface area contributed by atoms with E-state index in [0.717, 1.165) is 27.7 Å². The zero-order chi connectivity index (χ0) is 15.5. The standard InChI is InChI=1S/C18H17FN2O/c1-12-16(15-4-2-3-5-17(15)21-12)10-18(22)20-11-13-6-8-14(19)9-7-13/h2-9,21H,10-11H2,1H3,(H,20,22). The second-order valence-corrected chi connectivity index (χ2v) is 5.35. The van der Waals surface area contributed by atoms with Crippen molar-refractivity contribution in [3.63, 3.8) is 0 Å². The first kappa shape index (κ1) is 14.3. The normalized spacial score (nSPS) is 10.8. The molecule has 112 valence electrons. The van der Waals surface area contributed by atoms with Gasteiger partial charge in [0.25, 0.3) is 0 Å². The van der Waals surface area contributed by atoms with E-state index in [0.29, 0.717) is 13.0 Å². The van der Waals surface area contributed by atoms with Crippen molar-refractivity contribution in [3.05, 3.63) is 71.2 Å². The summed E-state index contributed by atoms with van der Waals surface area (Å²) in [7, 11) is 0. The Bertz CT molecular complexity index is 806. The first-order valence-electron chi connectivity index (χ1n) is 7.21. The molecule has 0 aliphatic rings. The molecule has 0 aliphatic heterocycles. The van der Waals surface area contributed by atoms with Crippen molar-refractivity contribution in [2.75, 3.05) is 0 Å². The largest absolute Gasteiger partial charge is 0.358 e. The molecule has 3 rings (SSSR count). The summed E-state index contributed by atoms with van der Waals surface area (Å²) >= 11 is 0. The molecule has 4 heteroatoms. The molecule has 0 aliphatic carbocycles. The molecule has 22 heavy (non-hydrogen) atoms. The molecule has 0 spiro atoms. The number of rotatable bonds is 4. The van der Waals surface area contributed by atoms with Crippen LogP contribution in [0.2, 0.25) is 0 Å². The van der Waals surface area contributed by atoms with E-state index in [-0.39, 0.29) is 11.7 Å². The van der Waals surface area contributed by atoms with Crippen molar-refractivity contribution < 1.29 is 9.18 Å². The average Bonchev–Trinajstić information content (AvgIpc) is 2.83. The third kappa shape index (κ3) is 3.01. The van der Waals surface area contributed by atoms with E-state index in [4.69, 9.17) is 0 Å². The van der Waals surface area contributed by atoms with Crippen molar-refractivity contribution >= 4 is 16.8 Å². The number of nitrogens with one attached hydrogen (secondary N) is 2. The quantitative estimate of drug-likeness (QED) is 0.760. The van der Waals surface area contributed by atoms with Gasteiger partial charge in [-0.05, 0) is 36.2 Å². The van der Waals surface area contributed by atoms with E-state index >= 15 is 0 Å². The van der Waals surface area contributed by atoms with Gasteiger partial charge in [0.05, 0.1) is 6.42 Å². The van der Waals surface area contributed by atoms with E-state index in [1.54, 1.807) is 12.1 Å². The SMILES string of the molecule is Cc1[nH]c2ccccc2c1CC(=O)NCc1ccc(F)cc1. The summed E-state index contributed by atoms with van der Waals surface area (Å²) in [6, 6.07) is 14.1. The highest BCUT2D eigenvalue weighted by Gasteiger charge is 2.11. The molecule has 1 amide bonds. The van der Waals surface area contributed by atoms with Gasteiger partial charge in [0, 0.05) is 23.1 Å². The zero-order valence-corrected chi connectivity index (χ0v) is 12.3. The molecule has 2 N–H and O–H groups in total. The number of aromatic nitrogens is 1. The summed E-state index contributed by atoms with van der Waals surface area (Å²) in [5, 5.41) is 3.95. The Kier molecular flexibility index (Phi) is 3.92. The fourth-order valence-electron chi connectivity index (χ4n) is 2.59. The minimum Gasteiger partial charge on any atom is -0.358 e. The Morgan fingerprint density at radius 2 is 1.86 bits per heavy atom. The molecule has 0 fully saturated rings. The van der Waals surface area contributed by atoms with Crippen LogP contribution in [-0.4, -0.2) is 10.9 Å². The maximum atomic E-state index is 12.8. The number of para-hydroxylation sites is 1. The minimum absolute atomic E-state index is 0.0443. The highest BCUT2D eigenvalue weighted by molar-refractivity contribution is 5.90. The third-order valence-electron chi connectivity index (χ3n) is 3.77. The summed E-state index contributed by atoms with van der Waals surface area (Å²) < 4.78 is 12.8. The van der Waals surface area contributed by atoms with Gasteiger partial charge >= 0.3 is 0 Å². The minimum atomic E-state index is -0.274. The smallest absolute Gasteiger partial charge is 0.224 e. The predicted molar refractivity (Wildman–Crippen MR) is 85.0 cm³/mol. The number of fused-ring (bicyclic) bond motifs is 1. The van der Waals surface area contributed by atoms with Gasteiger partial charge in [0.1, 0.15) is 5.82 Å². The molecule has 0 atom stereocenters. The van der Waals surface area contributed by atoms with Crippen molar-refractivity contribution in [1.29, 1.82) is 0 Å². The van der Waals surface area contributed by atoms with Crippen LogP contribution < -0.4 is 5.32 Å². The van der Waals surface area contributed by atoms with Gasteiger partial charge < -0.3 is 10.3 Å². The number of halogens is 1. The molecule has 1 heterocycles. The van der Waals surface area contributed by atoms with Crippen LogP contribution in [0.5, 0.6) is 0 Å². The van der Waals surface area contributed by atoms with Crippen LogP contribution in [0.3, 0.4) is 0 Å². The first-order valence-corrected chi connectivity index (χ1v) is 7.21. The Labute approximate surface area is 128 Å². The lowest BCUT2D eigenvalue weighted by Gasteiger charge is -2.06. The monoisotopic (exact) mass is 296 g/mol. The average molecular weight is 296 g/mol. The molecule has 0 radical (unpaired) electrons. The zero-order valence-electron chi connectivity index (χ0n) is 12.3. The van der Waals surface area contributed by atoms with Crippen molar-refractivity contribution in [2.45, 2.75) is 19.9 Å². The van der Waals surface area contributed by atoms with Crippen LogP contribution in [0.25, 0.3) is 10.9 Å². The Balaban J connectivity index is 1.68. The van der Waals surface area contributed by atoms with Crippen LogP contribution >= 0.6 is 0 Å². The topological polar surface area (TPSA) is 44.9 Å². The molecule has 0 saturated carbocycles. The van der Waals surface area contributed by atoms with Gasteiger partial charge in [-0.3, -0.25) is 4.79 Å². The molecule has 2 aromatic carbocycles. The van der Waals surface area contributed by atoms with Gasteiger partial charge in [-0.25, -0.2) is 4.39 Å². The molecule has 0 unspecified atom stereocenters. The third-order valence-corrected chi connectivity index (χ3v) is 3.77. The summed E-state index contributed by atoms with van der Waals surface area (Å²) in [5.41, 5.74) is 3.96. The first-order chi connectivity index (χ1) is 10.6. The Morgan fingerprint density at radius 1 is 1.14 bits per heavy atom. The lowest BCUT2D eigenvalue weighted by Crippen LogP contribution is -2.24. The molecule has 3 nitrogen and oxygen atoms in total. The number of amides is 1. The molecule has 0 bridgehead atoms. The fraction of sp³-hybridized carbons (Fsp3) is 0.167. The summed E-state index contributed by atoms with van der Waals surface area (Å²) in [6.07, 6.45) is 0.330. The van der Waals surface area contributed by atoms with Crippen molar-refractivity contribution in [3.8, 4) is 0 Å². The lowest BCUT2D eigenvalue weighted by atomic mass is 10.1. The van der Waals surface area contributed by atoms with Gasteiger partial charge in [-0.1, -0.05) is 30.3 Å². The van der Waals surface area contributed by atoms with Gasteiger partial charge in [-0.15, -0.1) is 0 Å². The summed E-state index contributed by atoms with van der Waals surface area (Å²) in [5.74, 6) is -0.318. The van der Waals surface area contributed by atoms with Crippen molar-refractivity contribution in [1.82, 2.24) is 10.3 Å². The Hall–Kier alpha value is -2.62. The van der Waals surface area contributed by atoms with E-state index in [2.05, 4.69) is 10.3 Å². The van der Waals surface area contributed by atoms with E-state index in [9.17, 15) is 9.18 Å². The number of hydrogen-bond acceptors (Lipinski definition) is 1. The highest BCUT2D eigenvalue weighted by atomic mass is 19.1. The maximum Gasteiger partial charge on any atom is 0.224 e. The Morgan fingerprint density at radius 3 is 2.64 bits per heavy atom. The number of hydrogen-bond donors (Lipinski definition) is 2. The van der Waals surface area contributed by atoms with Crippen LogP contribution in [0.15, 0.2) is 48.5 Å². The van der Waals surface area contributed by atoms with E-state index < -0.39 is 0 Å². The predicted octanol–water partition coefficient (Wildman–Crippen LogP) is 3.47. The fourth-order valence-corrected chi connectivity index (χ4v) is 2.59. The van der Waals surface area contributed by atoms with Gasteiger partial charge in [-0.2, -0.15) is 0 Å². The van der Waals surface area contributed by atoms with Gasteiger partial charge in [0.15, 0.2) is 0 Å². The lowest BCUT2D eigenvalue weighted by molar-refractivity contribution is -0.120. The highest BCUT2D eigenvalue weighted by Crippen LogP contribution is 2.22. The molecule has 3 aromatic rings. The summed E-state index contributed by atoms with van der Waals surface area (Å²) in [6.45, 7) is 2.38. The summed E-state index contributed by atoms with van der Waals surface area (Å²) in [4.78, 5) is 15.4. The van der Waals surface area contributed by atoms with Crippen LogP contribution in [0, 0.1) is 12.7 Å². The maximum absolute atomic E-state index is 12.8. The van der Waals surface area contributed by atoms with Gasteiger partial charge in [0.2, 0.25) is 5.91 Å². The number of aromatic amines is 1. The molecular weight excluding hydrogens is 279 g/mol. The number of carbonyl (C=O) groups is 1. The van der Waals surface area contributed by atoms with Crippen molar-refractivity contribution in [2.24, 2.45) is 0 Å². The second-order valence-electron chi connectivity index (χ2n) is 5.35. The number of H-pyrrole nitrogens is 1. The molecular formula is C18H17FN2O. The number of benzene rings is 2. The van der Waals surface area contributed by atoms with Crippen LogP contribution in [0.4, 0.5) is 4.39 Å². The second kappa shape index (κ2) is 6.02. The van der Waals surface area contributed by atoms with E-state index in [1.165, 1.54) is 12.1 Å². The van der Waals surface area contributed by atoms with Crippen LogP contribution in [-0.2, 0) is 17.8 Å². The molecule has 1 aromatic heterocycles. The number of carbonyl (C=O) groups excluding carboxylic acids is 1. The molecule has 0 saturated heterocycles. The van der Waals surface area contributed by atoms with E-state index in [1.807, 2.05) is 31.2 Å². The number of aryl methyl sites for hydroxylation is 1.